The Hall–Kier alpha value is -3.48. The van der Waals surface area contributed by atoms with Gasteiger partial charge in [0.1, 0.15) is 5.82 Å². The first kappa shape index (κ1) is 19.5. The van der Waals surface area contributed by atoms with Crippen LogP contribution in [0, 0.1) is 6.92 Å². The van der Waals surface area contributed by atoms with Gasteiger partial charge in [0.15, 0.2) is 5.82 Å². The van der Waals surface area contributed by atoms with E-state index in [1.165, 1.54) is 11.3 Å². The summed E-state index contributed by atoms with van der Waals surface area (Å²) in [4.78, 5) is 18.6. The van der Waals surface area contributed by atoms with Gasteiger partial charge in [-0.1, -0.05) is 26.0 Å². The molecule has 1 aliphatic rings. The summed E-state index contributed by atoms with van der Waals surface area (Å²) in [5.41, 5.74) is 4.52. The van der Waals surface area contributed by atoms with Gasteiger partial charge in [0.25, 0.3) is 5.78 Å². The van der Waals surface area contributed by atoms with E-state index in [1.807, 2.05) is 16.6 Å². The standard InChI is InChI=1S/C24H27N7/c1-17(2)21-15-22(30-12-10-29(11-13-30)20-8-4-6-18(3)14-20)31-24(26-21)27-23(28-31)19-7-5-9-25-16-19/h4-9,14-17H,10-13H2,1-3H3. The van der Waals surface area contributed by atoms with Crippen LogP contribution in [0.25, 0.3) is 17.2 Å². The lowest BCUT2D eigenvalue weighted by atomic mass is 10.1. The topological polar surface area (TPSA) is 62.5 Å². The number of benzene rings is 1. The van der Waals surface area contributed by atoms with Crippen LogP contribution < -0.4 is 9.80 Å². The van der Waals surface area contributed by atoms with Crippen molar-refractivity contribution in [2.75, 3.05) is 36.0 Å². The third-order valence-corrected chi connectivity index (χ3v) is 5.79. The van der Waals surface area contributed by atoms with Gasteiger partial charge in [-0.15, -0.1) is 5.10 Å². The third-order valence-electron chi connectivity index (χ3n) is 5.79. The number of hydrogen-bond donors (Lipinski definition) is 0. The van der Waals surface area contributed by atoms with Gasteiger partial charge in [0, 0.05) is 55.9 Å². The number of hydrogen-bond acceptors (Lipinski definition) is 6. The fraction of sp³-hybridized carbons (Fsp3) is 0.333. The molecule has 4 heterocycles. The molecule has 1 saturated heterocycles. The smallest absolute Gasteiger partial charge is 0.254 e. The lowest BCUT2D eigenvalue weighted by molar-refractivity contribution is 0.636. The molecule has 0 atom stereocenters. The van der Waals surface area contributed by atoms with E-state index in [1.54, 1.807) is 12.4 Å². The summed E-state index contributed by atoms with van der Waals surface area (Å²) in [5, 5.41) is 4.80. The van der Waals surface area contributed by atoms with Crippen molar-refractivity contribution < 1.29 is 0 Å². The zero-order valence-corrected chi connectivity index (χ0v) is 18.2. The predicted molar refractivity (Wildman–Crippen MR) is 124 cm³/mol. The zero-order valence-electron chi connectivity index (χ0n) is 18.2. The maximum atomic E-state index is 4.80. The Kier molecular flexibility index (Phi) is 5.02. The molecule has 0 spiro atoms. The highest BCUT2D eigenvalue weighted by Crippen LogP contribution is 2.26. The van der Waals surface area contributed by atoms with Crippen molar-refractivity contribution in [3.8, 4) is 11.4 Å². The van der Waals surface area contributed by atoms with Crippen molar-refractivity contribution in [3.63, 3.8) is 0 Å². The van der Waals surface area contributed by atoms with E-state index in [0.717, 1.165) is 43.3 Å². The van der Waals surface area contributed by atoms with Gasteiger partial charge in [0.2, 0.25) is 0 Å². The number of piperazine rings is 1. The average molecular weight is 414 g/mol. The lowest BCUT2D eigenvalue weighted by Gasteiger charge is -2.37. The molecular weight excluding hydrogens is 386 g/mol. The Labute approximate surface area is 182 Å². The average Bonchev–Trinajstić information content (AvgIpc) is 3.23. The first-order valence-corrected chi connectivity index (χ1v) is 10.8. The van der Waals surface area contributed by atoms with Crippen LogP contribution in [0.5, 0.6) is 0 Å². The molecule has 4 aromatic rings. The summed E-state index contributed by atoms with van der Waals surface area (Å²) in [6, 6.07) is 14.8. The van der Waals surface area contributed by atoms with Crippen LogP contribution in [-0.2, 0) is 0 Å². The summed E-state index contributed by atoms with van der Waals surface area (Å²) in [7, 11) is 0. The number of nitrogens with zero attached hydrogens (tertiary/aromatic N) is 7. The van der Waals surface area contributed by atoms with Crippen LogP contribution in [0.1, 0.15) is 31.0 Å². The second kappa shape index (κ2) is 7.98. The van der Waals surface area contributed by atoms with Crippen molar-refractivity contribution in [2.24, 2.45) is 0 Å². The van der Waals surface area contributed by atoms with Gasteiger partial charge in [-0.25, -0.2) is 4.98 Å². The fourth-order valence-corrected chi connectivity index (χ4v) is 4.03. The number of aromatic nitrogens is 5. The second-order valence-corrected chi connectivity index (χ2v) is 8.40. The molecule has 0 N–H and O–H groups in total. The highest BCUT2D eigenvalue weighted by Gasteiger charge is 2.22. The maximum Gasteiger partial charge on any atom is 0.254 e. The van der Waals surface area contributed by atoms with E-state index in [0.29, 0.717) is 17.5 Å². The van der Waals surface area contributed by atoms with E-state index >= 15 is 0 Å². The Morgan fingerprint density at radius 3 is 2.42 bits per heavy atom. The molecule has 1 fully saturated rings. The van der Waals surface area contributed by atoms with Crippen molar-refractivity contribution in [1.82, 2.24) is 24.6 Å². The minimum atomic E-state index is 0.316. The van der Waals surface area contributed by atoms with Gasteiger partial charge < -0.3 is 9.80 Å². The number of pyridine rings is 1. The van der Waals surface area contributed by atoms with E-state index in [9.17, 15) is 0 Å². The van der Waals surface area contributed by atoms with Crippen LogP contribution in [0.4, 0.5) is 11.5 Å². The molecule has 0 unspecified atom stereocenters. The number of rotatable bonds is 4. The van der Waals surface area contributed by atoms with Gasteiger partial charge in [-0.05, 0) is 42.7 Å². The highest BCUT2D eigenvalue weighted by molar-refractivity contribution is 5.59. The molecule has 31 heavy (non-hydrogen) atoms. The molecule has 3 aromatic heterocycles. The molecule has 0 bridgehead atoms. The zero-order chi connectivity index (χ0) is 21.4. The van der Waals surface area contributed by atoms with Crippen LogP contribution in [-0.4, -0.2) is 50.7 Å². The normalized spacial score (nSPS) is 14.6. The molecule has 7 heteroatoms. The van der Waals surface area contributed by atoms with Crippen LogP contribution in [0.15, 0.2) is 54.9 Å². The Morgan fingerprint density at radius 1 is 0.903 bits per heavy atom. The summed E-state index contributed by atoms with van der Waals surface area (Å²) >= 11 is 0. The SMILES string of the molecule is Cc1cccc(N2CCN(c3cc(C(C)C)nc4nc(-c5cccnc5)nn34)CC2)c1. The van der Waals surface area contributed by atoms with Crippen LogP contribution >= 0.6 is 0 Å². The minimum absolute atomic E-state index is 0.316. The van der Waals surface area contributed by atoms with Crippen molar-refractivity contribution >= 4 is 17.3 Å². The summed E-state index contributed by atoms with van der Waals surface area (Å²) in [6.45, 7) is 10.3. The third kappa shape index (κ3) is 3.83. The molecule has 0 aliphatic carbocycles. The molecular formula is C24H27N7. The van der Waals surface area contributed by atoms with Gasteiger partial charge in [-0.2, -0.15) is 9.50 Å². The first-order chi connectivity index (χ1) is 15.1. The summed E-state index contributed by atoms with van der Waals surface area (Å²) < 4.78 is 1.89. The van der Waals surface area contributed by atoms with Crippen molar-refractivity contribution in [3.05, 3.63) is 66.1 Å². The Bertz CT molecular complexity index is 1190. The maximum absolute atomic E-state index is 4.80. The molecule has 5 rings (SSSR count). The van der Waals surface area contributed by atoms with Gasteiger partial charge in [0.05, 0.1) is 5.69 Å². The molecule has 0 saturated carbocycles. The van der Waals surface area contributed by atoms with Gasteiger partial charge in [-0.3, -0.25) is 4.98 Å². The summed E-state index contributed by atoms with van der Waals surface area (Å²) in [5.74, 6) is 2.67. The van der Waals surface area contributed by atoms with Crippen molar-refractivity contribution in [2.45, 2.75) is 26.7 Å². The van der Waals surface area contributed by atoms with E-state index < -0.39 is 0 Å². The summed E-state index contributed by atoms with van der Waals surface area (Å²) in [6.07, 6.45) is 3.55. The molecule has 1 aliphatic heterocycles. The lowest BCUT2D eigenvalue weighted by Crippen LogP contribution is -2.47. The highest BCUT2D eigenvalue weighted by atomic mass is 15.4. The predicted octanol–water partition coefficient (Wildman–Crippen LogP) is 3.94. The number of anilines is 2. The molecule has 0 amide bonds. The molecule has 158 valence electrons. The first-order valence-electron chi connectivity index (χ1n) is 10.8. The fourth-order valence-electron chi connectivity index (χ4n) is 4.03. The second-order valence-electron chi connectivity index (χ2n) is 8.40. The molecule has 7 nitrogen and oxygen atoms in total. The van der Waals surface area contributed by atoms with Crippen LogP contribution in [0.2, 0.25) is 0 Å². The largest absolute Gasteiger partial charge is 0.368 e. The Balaban J connectivity index is 1.48. The monoisotopic (exact) mass is 413 g/mol. The van der Waals surface area contributed by atoms with Gasteiger partial charge >= 0.3 is 0 Å². The molecule has 0 radical (unpaired) electrons. The molecule has 1 aromatic carbocycles. The number of aryl methyl sites for hydroxylation is 1. The van der Waals surface area contributed by atoms with Crippen molar-refractivity contribution in [1.29, 1.82) is 0 Å². The van der Waals surface area contributed by atoms with E-state index in [4.69, 9.17) is 15.1 Å². The van der Waals surface area contributed by atoms with E-state index in [2.05, 4.69) is 65.9 Å². The minimum Gasteiger partial charge on any atom is -0.368 e. The van der Waals surface area contributed by atoms with E-state index in [-0.39, 0.29) is 0 Å². The van der Waals surface area contributed by atoms with Crippen LogP contribution in [0.3, 0.4) is 0 Å². The Morgan fingerprint density at radius 2 is 1.71 bits per heavy atom. The number of fused-ring (bicyclic) bond motifs is 1. The quantitative estimate of drug-likeness (QED) is 0.505.